The second-order valence-electron chi connectivity index (χ2n) is 5.80. The second kappa shape index (κ2) is 11.6. The molecule has 0 bridgehead atoms. The fraction of sp³-hybridized carbons (Fsp3) is 0.421. The van der Waals surface area contributed by atoms with E-state index in [1.807, 2.05) is 29.9 Å². The van der Waals surface area contributed by atoms with Gasteiger partial charge in [-0.05, 0) is 37.6 Å². The molecule has 0 spiro atoms. The van der Waals surface area contributed by atoms with Crippen LogP contribution in [0.3, 0.4) is 0 Å². The lowest BCUT2D eigenvalue weighted by Gasteiger charge is -2.12. The van der Waals surface area contributed by atoms with Crippen LogP contribution in [0.15, 0.2) is 47.7 Å². The zero-order chi connectivity index (χ0) is 19.3. The maximum atomic E-state index is 12.2. The van der Waals surface area contributed by atoms with Crippen molar-refractivity contribution in [3.63, 3.8) is 0 Å². The van der Waals surface area contributed by atoms with E-state index in [1.165, 1.54) is 0 Å². The van der Waals surface area contributed by atoms with Gasteiger partial charge < -0.3 is 20.7 Å². The summed E-state index contributed by atoms with van der Waals surface area (Å²) in [5.41, 5.74) is 0.577. The highest BCUT2D eigenvalue weighted by molar-refractivity contribution is 5.94. The predicted molar refractivity (Wildman–Crippen MR) is 106 cm³/mol. The van der Waals surface area contributed by atoms with E-state index >= 15 is 0 Å². The van der Waals surface area contributed by atoms with E-state index in [9.17, 15) is 4.79 Å². The van der Waals surface area contributed by atoms with E-state index in [-0.39, 0.29) is 5.91 Å². The number of benzene rings is 1. The molecule has 3 N–H and O–H groups in total. The summed E-state index contributed by atoms with van der Waals surface area (Å²) in [7, 11) is 1.58. The first-order valence-electron chi connectivity index (χ1n) is 9.14. The Morgan fingerprint density at radius 1 is 1.22 bits per heavy atom. The van der Waals surface area contributed by atoms with E-state index in [2.05, 4.69) is 26.0 Å². The number of amides is 1. The molecule has 0 unspecified atom stereocenters. The predicted octanol–water partition coefficient (Wildman–Crippen LogP) is 1.27. The Balaban J connectivity index is 1.69. The molecule has 0 fully saturated rings. The van der Waals surface area contributed by atoms with Gasteiger partial charge in [-0.1, -0.05) is 6.07 Å². The molecule has 1 aromatic carbocycles. The standard InChI is InChI=1S/C19H28N6O2/c1-3-20-19(22-9-5-13-25-14-6-10-24-25)23-12-11-21-18(26)16-7-4-8-17(15-16)27-2/h4,6-8,10,14-15H,3,5,9,11-13H2,1-2H3,(H,21,26)(H2,20,22,23). The van der Waals surface area contributed by atoms with Crippen molar-refractivity contribution in [3.05, 3.63) is 48.3 Å². The lowest BCUT2D eigenvalue weighted by Crippen LogP contribution is -2.41. The molecule has 0 aliphatic rings. The van der Waals surface area contributed by atoms with E-state index in [0.717, 1.165) is 25.5 Å². The maximum Gasteiger partial charge on any atom is 0.251 e. The van der Waals surface area contributed by atoms with Crippen LogP contribution in [0, 0.1) is 0 Å². The highest BCUT2D eigenvalue weighted by atomic mass is 16.5. The highest BCUT2D eigenvalue weighted by Crippen LogP contribution is 2.12. The fourth-order valence-electron chi connectivity index (χ4n) is 2.42. The first kappa shape index (κ1) is 20.3. The van der Waals surface area contributed by atoms with Gasteiger partial charge >= 0.3 is 0 Å². The molecule has 2 aromatic rings. The summed E-state index contributed by atoms with van der Waals surface area (Å²) in [5.74, 6) is 1.28. The Hall–Kier alpha value is -3.03. The number of aryl methyl sites for hydroxylation is 1. The van der Waals surface area contributed by atoms with Gasteiger partial charge in [0.15, 0.2) is 5.96 Å². The Bertz CT molecular complexity index is 715. The quantitative estimate of drug-likeness (QED) is 0.332. The van der Waals surface area contributed by atoms with Crippen LogP contribution in [-0.2, 0) is 6.54 Å². The third-order valence-corrected chi connectivity index (χ3v) is 3.75. The molecule has 0 atom stereocenters. The van der Waals surface area contributed by atoms with Crippen molar-refractivity contribution < 1.29 is 9.53 Å². The number of rotatable bonds is 10. The van der Waals surface area contributed by atoms with Crippen molar-refractivity contribution in [1.82, 2.24) is 25.7 Å². The van der Waals surface area contributed by atoms with E-state index < -0.39 is 0 Å². The maximum absolute atomic E-state index is 12.2. The molecule has 0 aliphatic carbocycles. The first-order chi connectivity index (χ1) is 13.2. The molecule has 1 heterocycles. The summed E-state index contributed by atoms with van der Waals surface area (Å²) in [6, 6.07) is 8.99. The van der Waals surface area contributed by atoms with Crippen LogP contribution in [-0.4, -0.2) is 54.9 Å². The summed E-state index contributed by atoms with van der Waals surface area (Å²) in [4.78, 5) is 16.7. The molecule has 0 saturated heterocycles. The van der Waals surface area contributed by atoms with Gasteiger partial charge in [-0.15, -0.1) is 0 Å². The Labute approximate surface area is 160 Å². The minimum Gasteiger partial charge on any atom is -0.497 e. The van der Waals surface area contributed by atoms with Crippen molar-refractivity contribution in [2.75, 3.05) is 33.3 Å². The number of hydrogen-bond acceptors (Lipinski definition) is 4. The van der Waals surface area contributed by atoms with Crippen LogP contribution in [0.5, 0.6) is 5.75 Å². The minimum atomic E-state index is -0.128. The number of hydrogen-bond donors (Lipinski definition) is 3. The van der Waals surface area contributed by atoms with Crippen LogP contribution in [0.1, 0.15) is 23.7 Å². The van der Waals surface area contributed by atoms with Crippen molar-refractivity contribution in [2.45, 2.75) is 19.9 Å². The van der Waals surface area contributed by atoms with Gasteiger partial charge in [0, 0.05) is 50.7 Å². The fourth-order valence-corrected chi connectivity index (χ4v) is 2.42. The van der Waals surface area contributed by atoms with Gasteiger partial charge in [0.05, 0.1) is 7.11 Å². The average Bonchev–Trinajstić information content (AvgIpc) is 3.21. The first-order valence-corrected chi connectivity index (χ1v) is 9.14. The minimum absolute atomic E-state index is 0.128. The molecular formula is C19H28N6O2. The van der Waals surface area contributed by atoms with Crippen molar-refractivity contribution >= 4 is 11.9 Å². The van der Waals surface area contributed by atoms with Crippen molar-refractivity contribution in [1.29, 1.82) is 0 Å². The van der Waals surface area contributed by atoms with Gasteiger partial charge in [-0.3, -0.25) is 14.5 Å². The number of guanidine groups is 1. The molecule has 8 nitrogen and oxygen atoms in total. The van der Waals surface area contributed by atoms with Gasteiger partial charge in [0.1, 0.15) is 5.75 Å². The summed E-state index contributed by atoms with van der Waals surface area (Å²) < 4.78 is 7.03. The van der Waals surface area contributed by atoms with Gasteiger partial charge in [-0.25, -0.2) is 0 Å². The largest absolute Gasteiger partial charge is 0.497 e. The molecule has 0 saturated carbocycles. The molecule has 0 aliphatic heterocycles. The summed E-state index contributed by atoms with van der Waals surface area (Å²) >= 11 is 0. The number of ether oxygens (including phenoxy) is 1. The Morgan fingerprint density at radius 2 is 2.07 bits per heavy atom. The van der Waals surface area contributed by atoms with Crippen LogP contribution in [0.25, 0.3) is 0 Å². The lowest BCUT2D eigenvalue weighted by molar-refractivity contribution is 0.0954. The zero-order valence-electron chi connectivity index (χ0n) is 15.9. The number of carbonyl (C=O) groups excluding carboxylic acids is 1. The lowest BCUT2D eigenvalue weighted by atomic mass is 10.2. The Kier molecular flexibility index (Phi) is 8.68. The summed E-state index contributed by atoms with van der Waals surface area (Å²) in [6.45, 7) is 5.42. The van der Waals surface area contributed by atoms with Crippen LogP contribution in [0.4, 0.5) is 0 Å². The Morgan fingerprint density at radius 3 is 2.81 bits per heavy atom. The number of aromatic nitrogens is 2. The van der Waals surface area contributed by atoms with Crippen LogP contribution < -0.4 is 20.7 Å². The van der Waals surface area contributed by atoms with Gasteiger partial charge in [-0.2, -0.15) is 5.10 Å². The topological polar surface area (TPSA) is 92.6 Å². The van der Waals surface area contributed by atoms with Crippen LogP contribution >= 0.6 is 0 Å². The molecule has 27 heavy (non-hydrogen) atoms. The van der Waals surface area contributed by atoms with Gasteiger partial charge in [0.25, 0.3) is 5.91 Å². The number of carbonyl (C=O) groups is 1. The molecule has 2 rings (SSSR count). The number of nitrogens with zero attached hydrogens (tertiary/aromatic N) is 3. The number of methoxy groups -OCH3 is 1. The number of aliphatic imine (C=N–C) groups is 1. The molecule has 0 radical (unpaired) electrons. The summed E-state index contributed by atoms with van der Waals surface area (Å²) in [5, 5.41) is 13.5. The van der Waals surface area contributed by atoms with Gasteiger partial charge in [0.2, 0.25) is 0 Å². The molecule has 8 heteroatoms. The van der Waals surface area contributed by atoms with Crippen molar-refractivity contribution in [3.8, 4) is 5.75 Å². The van der Waals surface area contributed by atoms with Crippen LogP contribution in [0.2, 0.25) is 0 Å². The SMILES string of the molecule is CCNC(=NCCCn1cccn1)NCCNC(=O)c1cccc(OC)c1. The zero-order valence-corrected chi connectivity index (χ0v) is 15.9. The smallest absolute Gasteiger partial charge is 0.251 e. The monoisotopic (exact) mass is 372 g/mol. The molecule has 1 aromatic heterocycles. The third kappa shape index (κ3) is 7.39. The van der Waals surface area contributed by atoms with E-state index in [0.29, 0.717) is 30.9 Å². The molecular weight excluding hydrogens is 344 g/mol. The summed E-state index contributed by atoms with van der Waals surface area (Å²) in [6.07, 6.45) is 4.62. The van der Waals surface area contributed by atoms with Crippen molar-refractivity contribution in [2.24, 2.45) is 4.99 Å². The third-order valence-electron chi connectivity index (χ3n) is 3.75. The average molecular weight is 372 g/mol. The molecule has 146 valence electrons. The molecule has 1 amide bonds. The number of nitrogens with one attached hydrogen (secondary N) is 3. The normalized spacial score (nSPS) is 11.1. The van der Waals surface area contributed by atoms with E-state index in [1.54, 1.807) is 31.5 Å². The second-order valence-corrected chi connectivity index (χ2v) is 5.80. The van der Waals surface area contributed by atoms with E-state index in [4.69, 9.17) is 4.74 Å². The highest BCUT2D eigenvalue weighted by Gasteiger charge is 2.06.